The Morgan fingerprint density at radius 1 is 0.720 bits per heavy atom. The Balaban J connectivity index is 0.00000576. The van der Waals surface area contributed by atoms with Gasteiger partial charge in [-0.05, 0) is 18.6 Å². The number of unbranched alkanes of at least 4 members (excludes halogenated alkanes) is 11. The zero-order chi connectivity index (χ0) is 17.5. The Labute approximate surface area is 177 Å². The molecule has 0 radical (unpaired) electrons. The third kappa shape index (κ3) is 13.0. The van der Waals surface area contributed by atoms with Crippen LogP contribution in [-0.4, -0.2) is 44.6 Å². The summed E-state index contributed by atoms with van der Waals surface area (Å²) >= 11 is 0. The molecule has 0 aliphatic heterocycles. The van der Waals surface area contributed by atoms with Crippen molar-refractivity contribution in [2.45, 2.75) is 88.9 Å². The van der Waals surface area contributed by atoms with Gasteiger partial charge in [0.2, 0.25) is 0 Å². The molecule has 0 saturated carbocycles. The van der Waals surface area contributed by atoms with Gasteiger partial charge in [0, 0.05) is 0 Å². The molecule has 0 saturated heterocycles. The SMILES string of the molecule is CCCCCCCCCCCCCCOS(=O)(=O)c1ccccc1.[NaH]. The van der Waals surface area contributed by atoms with Crippen molar-refractivity contribution in [3.63, 3.8) is 0 Å². The van der Waals surface area contributed by atoms with E-state index in [-0.39, 0.29) is 41.1 Å². The van der Waals surface area contributed by atoms with Crippen molar-refractivity contribution in [2.75, 3.05) is 6.61 Å². The normalized spacial score (nSPS) is 11.2. The Morgan fingerprint density at radius 3 is 1.64 bits per heavy atom. The fourth-order valence-corrected chi connectivity index (χ4v) is 3.73. The van der Waals surface area contributed by atoms with E-state index >= 15 is 0 Å². The van der Waals surface area contributed by atoms with E-state index in [0.29, 0.717) is 0 Å². The predicted molar refractivity (Wildman–Crippen MR) is 108 cm³/mol. The molecule has 5 heteroatoms. The van der Waals surface area contributed by atoms with Gasteiger partial charge in [0.1, 0.15) is 0 Å². The molecule has 0 aliphatic rings. The van der Waals surface area contributed by atoms with Gasteiger partial charge in [-0.2, -0.15) is 8.42 Å². The van der Waals surface area contributed by atoms with Crippen LogP contribution in [0.5, 0.6) is 0 Å². The van der Waals surface area contributed by atoms with Gasteiger partial charge in [-0.3, -0.25) is 4.18 Å². The molecule has 3 nitrogen and oxygen atoms in total. The number of hydrogen-bond acceptors (Lipinski definition) is 3. The first-order chi connectivity index (χ1) is 11.7. The van der Waals surface area contributed by atoms with Crippen molar-refractivity contribution in [2.24, 2.45) is 0 Å². The second kappa shape index (κ2) is 16.3. The third-order valence-electron chi connectivity index (χ3n) is 4.27. The van der Waals surface area contributed by atoms with Gasteiger partial charge >= 0.3 is 29.6 Å². The maximum absolute atomic E-state index is 11.9. The van der Waals surface area contributed by atoms with Crippen LogP contribution in [0.4, 0.5) is 0 Å². The molecular formula is C20H35NaO3S. The molecule has 0 N–H and O–H groups in total. The zero-order valence-corrected chi connectivity index (χ0v) is 16.0. The molecule has 1 aromatic carbocycles. The molecule has 25 heavy (non-hydrogen) atoms. The summed E-state index contributed by atoms with van der Waals surface area (Å²) in [6.45, 7) is 2.54. The predicted octanol–water partition coefficient (Wildman–Crippen LogP) is 5.44. The van der Waals surface area contributed by atoms with Crippen molar-refractivity contribution in [3.05, 3.63) is 30.3 Å². The quantitative estimate of drug-likeness (QED) is 0.232. The molecule has 1 aromatic rings. The van der Waals surface area contributed by atoms with Crippen LogP contribution in [0, 0.1) is 0 Å². The molecule has 0 bridgehead atoms. The van der Waals surface area contributed by atoms with Gasteiger partial charge in [0.25, 0.3) is 10.1 Å². The van der Waals surface area contributed by atoms with Crippen molar-refractivity contribution in [1.29, 1.82) is 0 Å². The van der Waals surface area contributed by atoms with Crippen LogP contribution in [-0.2, 0) is 14.3 Å². The first kappa shape index (κ1) is 25.1. The Morgan fingerprint density at radius 2 is 1.16 bits per heavy atom. The van der Waals surface area contributed by atoms with Crippen LogP contribution in [0.15, 0.2) is 35.2 Å². The van der Waals surface area contributed by atoms with Crippen LogP contribution in [0.1, 0.15) is 84.0 Å². The van der Waals surface area contributed by atoms with E-state index in [9.17, 15) is 8.42 Å². The van der Waals surface area contributed by atoms with E-state index in [1.54, 1.807) is 30.3 Å². The summed E-state index contributed by atoms with van der Waals surface area (Å²) in [5.74, 6) is 0. The summed E-state index contributed by atoms with van der Waals surface area (Å²) in [4.78, 5) is 0.240. The second-order valence-corrected chi connectivity index (χ2v) is 8.09. The molecular weight excluding hydrogens is 343 g/mol. The van der Waals surface area contributed by atoms with Gasteiger partial charge in [-0.1, -0.05) is 95.8 Å². The van der Waals surface area contributed by atoms with Gasteiger partial charge in [-0.15, -0.1) is 0 Å². The van der Waals surface area contributed by atoms with Crippen LogP contribution in [0.3, 0.4) is 0 Å². The molecule has 1 rings (SSSR count). The van der Waals surface area contributed by atoms with Crippen molar-refractivity contribution < 1.29 is 12.6 Å². The molecule has 0 unspecified atom stereocenters. The summed E-state index contributed by atoms with van der Waals surface area (Å²) in [6, 6.07) is 8.35. The van der Waals surface area contributed by atoms with Crippen molar-refractivity contribution in [1.82, 2.24) is 0 Å². The van der Waals surface area contributed by atoms with E-state index in [4.69, 9.17) is 4.18 Å². The summed E-state index contributed by atoms with van der Waals surface area (Å²) < 4.78 is 28.9. The second-order valence-electron chi connectivity index (χ2n) is 6.48. The fourth-order valence-electron chi connectivity index (χ4n) is 2.77. The first-order valence-electron chi connectivity index (χ1n) is 9.61. The first-order valence-corrected chi connectivity index (χ1v) is 11.0. The summed E-state index contributed by atoms with van der Waals surface area (Å²) in [6.07, 6.45) is 15.1. The van der Waals surface area contributed by atoms with E-state index in [0.717, 1.165) is 12.8 Å². The topological polar surface area (TPSA) is 43.4 Å². The van der Waals surface area contributed by atoms with Gasteiger partial charge < -0.3 is 0 Å². The zero-order valence-electron chi connectivity index (χ0n) is 15.2. The summed E-state index contributed by atoms with van der Waals surface area (Å²) in [7, 11) is -3.57. The van der Waals surface area contributed by atoms with E-state index in [1.165, 1.54) is 64.2 Å². The van der Waals surface area contributed by atoms with Crippen LogP contribution in [0.2, 0.25) is 0 Å². The van der Waals surface area contributed by atoms with Crippen LogP contribution in [0.25, 0.3) is 0 Å². The average molecular weight is 379 g/mol. The van der Waals surface area contributed by atoms with Crippen LogP contribution < -0.4 is 0 Å². The molecule has 0 atom stereocenters. The van der Waals surface area contributed by atoms with Crippen LogP contribution >= 0.6 is 0 Å². The fraction of sp³-hybridized carbons (Fsp3) is 0.700. The molecule has 140 valence electrons. The van der Waals surface area contributed by atoms with Crippen molar-refractivity contribution >= 4 is 39.7 Å². The molecule has 0 spiro atoms. The molecule has 0 amide bonds. The number of rotatable bonds is 15. The molecule has 0 aliphatic carbocycles. The Kier molecular flexibility index (Phi) is 16.4. The van der Waals surface area contributed by atoms with Gasteiger partial charge in [0.05, 0.1) is 11.5 Å². The Hall–Kier alpha value is 0.130. The van der Waals surface area contributed by atoms with E-state index in [2.05, 4.69) is 6.92 Å². The van der Waals surface area contributed by atoms with Gasteiger partial charge in [-0.25, -0.2) is 0 Å². The monoisotopic (exact) mass is 378 g/mol. The minimum absolute atomic E-state index is 0. The average Bonchev–Trinajstić information content (AvgIpc) is 2.60. The van der Waals surface area contributed by atoms with Crippen molar-refractivity contribution in [3.8, 4) is 0 Å². The Bertz CT molecular complexity index is 503. The summed E-state index contributed by atoms with van der Waals surface area (Å²) in [5.41, 5.74) is 0. The van der Waals surface area contributed by atoms with Gasteiger partial charge in [0.15, 0.2) is 0 Å². The number of hydrogen-bond donors (Lipinski definition) is 0. The van der Waals surface area contributed by atoms with E-state index in [1.807, 2.05) is 0 Å². The summed E-state index contributed by atoms with van der Waals surface area (Å²) in [5, 5.41) is 0. The van der Waals surface area contributed by atoms with E-state index < -0.39 is 10.1 Å². The third-order valence-corrected chi connectivity index (χ3v) is 5.59. The standard InChI is InChI=1S/C20H34O3S.Na.H/c1-2-3-4-5-6-7-8-9-10-11-12-16-19-23-24(21,22)20-17-14-13-15-18-20;;/h13-15,17-18H,2-12,16,19H2,1H3;;. The minimum atomic E-state index is -3.57. The molecule has 0 aromatic heterocycles. The number of benzene rings is 1. The molecule has 0 fully saturated rings. The molecule has 0 heterocycles. The maximum atomic E-state index is 11.9.